The van der Waals surface area contributed by atoms with E-state index in [1.807, 2.05) is 0 Å². The van der Waals surface area contributed by atoms with E-state index in [0.717, 1.165) is 47.3 Å². The van der Waals surface area contributed by atoms with Crippen molar-refractivity contribution in [1.29, 1.82) is 0 Å². The Morgan fingerprint density at radius 3 is 1.45 bits per heavy atom. The number of fused-ring (bicyclic) bond motifs is 12. The van der Waals surface area contributed by atoms with Crippen LogP contribution < -0.4 is 142 Å². The van der Waals surface area contributed by atoms with Crippen LogP contribution in [0.1, 0.15) is 156 Å². The molecule has 1 aromatic heterocycles. The number of aliphatic hydroxyl groups excluding tert-OH is 1. The fraction of sp³-hybridized carbons (Fsp3) is 0.658. The first-order chi connectivity index (χ1) is 65.0. The van der Waals surface area contributed by atoms with Crippen LogP contribution in [0.25, 0.3) is 0 Å². The number of primary amides is 4. The van der Waals surface area contributed by atoms with E-state index < -0.39 is 331 Å². The molecule has 0 radical (unpaired) electrons. The van der Waals surface area contributed by atoms with Gasteiger partial charge in [-0.2, -0.15) is 0 Å². The summed E-state index contributed by atoms with van der Waals surface area (Å²) in [7, 11) is 2.87. The zero-order valence-electron chi connectivity index (χ0n) is 77.2. The fourth-order valence-corrected chi connectivity index (χ4v) is 18.3. The normalized spacial score (nSPS) is 25.1. The lowest BCUT2D eigenvalue weighted by Gasteiger charge is -2.30. The first-order valence-corrected chi connectivity index (χ1v) is 49.2. The molecule has 138 heavy (non-hydrogen) atoms. The van der Waals surface area contributed by atoms with E-state index in [9.17, 15) is 96.5 Å². The summed E-state index contributed by atoms with van der Waals surface area (Å²) >= 11 is 0. The fourth-order valence-electron chi connectivity index (χ4n) is 13.6. The number of aliphatic carboxylic acids is 1. The molecular formula is C79H131N31O24S4. The molecule has 1 aromatic rings. The van der Waals surface area contributed by atoms with Crippen LogP contribution >= 0.6 is 43.2 Å². The molecule has 55 nitrogen and oxygen atoms in total. The number of unbranched alkanes of at least 4 members (excludes halogenated alkanes) is 1. The average Bonchev–Trinajstić information content (AvgIpc) is 1.66. The van der Waals surface area contributed by atoms with Gasteiger partial charge in [0.05, 0.1) is 30.6 Å². The minimum Gasteiger partial charge on any atom is -0.481 e. The van der Waals surface area contributed by atoms with Crippen LogP contribution in [-0.4, -0.2) is 331 Å². The van der Waals surface area contributed by atoms with Gasteiger partial charge in [-0.1, -0.05) is 57.0 Å². The number of carboxylic acid groups (broad SMARTS) is 1. The number of nitrogens with one attached hydrogen (secondary N) is 17. The van der Waals surface area contributed by atoms with Crippen molar-refractivity contribution in [1.82, 2.24) is 99.9 Å². The zero-order valence-corrected chi connectivity index (χ0v) is 80.4. The molecule has 0 saturated carbocycles. The van der Waals surface area contributed by atoms with Crippen molar-refractivity contribution in [3.63, 3.8) is 0 Å². The van der Waals surface area contributed by atoms with Crippen LogP contribution in [0.3, 0.4) is 0 Å². The molecule has 2 bridgehead atoms. The Labute approximate surface area is 809 Å². The summed E-state index contributed by atoms with van der Waals surface area (Å²) < 4.78 is 0. The maximum atomic E-state index is 15.4. The second kappa shape index (κ2) is 60.2. The number of carboxylic acids is 1. The lowest BCUT2D eigenvalue weighted by Crippen LogP contribution is -2.61. The van der Waals surface area contributed by atoms with Gasteiger partial charge in [-0.25, -0.2) is 4.98 Å². The number of nitrogens with zero attached hydrogens (tertiary/aromatic N) is 4. The second-order valence-electron chi connectivity index (χ2n) is 33.2. The Kier molecular flexibility index (Phi) is 51.3. The third-order valence-corrected chi connectivity index (χ3v) is 26.0. The largest absolute Gasteiger partial charge is 0.481 e. The highest BCUT2D eigenvalue weighted by Crippen LogP contribution is 2.27. The summed E-state index contributed by atoms with van der Waals surface area (Å²) in [5.41, 5.74) is 57.6. The molecule has 3 saturated heterocycles. The van der Waals surface area contributed by atoms with Crippen LogP contribution in [0.5, 0.6) is 0 Å². The molecule has 3 aliphatic rings. The van der Waals surface area contributed by atoms with Gasteiger partial charge in [0.15, 0.2) is 11.9 Å². The number of H-pyrrole nitrogens is 1. The van der Waals surface area contributed by atoms with Crippen molar-refractivity contribution in [3.8, 4) is 0 Å². The van der Waals surface area contributed by atoms with Gasteiger partial charge in [-0.05, 0) is 124 Å². The van der Waals surface area contributed by atoms with E-state index in [1.165, 1.54) is 19.4 Å². The van der Waals surface area contributed by atoms with Gasteiger partial charge >= 0.3 is 5.97 Å². The van der Waals surface area contributed by atoms with Crippen molar-refractivity contribution in [2.45, 2.75) is 272 Å². The summed E-state index contributed by atoms with van der Waals surface area (Å²) in [4.78, 5) is 328. The van der Waals surface area contributed by atoms with Crippen molar-refractivity contribution in [2.75, 3.05) is 49.2 Å². The molecule has 39 N–H and O–H groups in total. The van der Waals surface area contributed by atoms with E-state index in [1.54, 1.807) is 13.8 Å². The number of aromatic nitrogens is 2. The number of amides is 21. The van der Waals surface area contributed by atoms with Gasteiger partial charge in [-0.15, -0.1) is 0 Å². The number of imidazole rings is 1. The second-order valence-corrected chi connectivity index (χ2v) is 38.3. The number of aliphatic imine (C=N–C) groups is 2. The number of nitrogens with two attached hydrogens (primary N) is 10. The monoisotopic (exact) mass is 2030 g/mol. The number of rotatable bonds is 35. The highest BCUT2D eigenvalue weighted by molar-refractivity contribution is 8.77. The van der Waals surface area contributed by atoms with Crippen LogP contribution in [0, 0.1) is 5.92 Å². The Hall–Kier alpha value is -12.6. The number of carbonyl (C=O) groups is 22. The number of hydrogen-bond donors (Lipinski definition) is 29. The topological polar surface area (TPSA) is 925 Å². The van der Waals surface area contributed by atoms with Gasteiger partial charge in [0, 0.05) is 74.5 Å². The molecule has 19 atom stereocenters. The number of aromatic amines is 1. The molecular weight excluding hydrogens is 1900 g/mol. The molecule has 3 fully saturated rings. The molecule has 0 aliphatic carbocycles. The van der Waals surface area contributed by atoms with E-state index in [0.29, 0.717) is 21.6 Å². The molecule has 4 heterocycles. The van der Waals surface area contributed by atoms with Gasteiger partial charge in [0.25, 0.3) is 0 Å². The van der Waals surface area contributed by atoms with E-state index >= 15 is 19.2 Å². The maximum absolute atomic E-state index is 15.4. The third-order valence-electron chi connectivity index (χ3n) is 21.1. The van der Waals surface area contributed by atoms with Gasteiger partial charge in [0.1, 0.15) is 103 Å². The Morgan fingerprint density at radius 1 is 0.486 bits per heavy atom. The lowest BCUT2D eigenvalue weighted by atomic mass is 10.0. The molecule has 59 heteroatoms. The molecule has 0 aromatic carbocycles. The number of guanidine groups is 2. The predicted octanol–water partition coefficient (Wildman–Crippen LogP) is -12.7. The summed E-state index contributed by atoms with van der Waals surface area (Å²) in [6.45, 7) is 7.37. The minimum atomic E-state index is -2.00. The summed E-state index contributed by atoms with van der Waals surface area (Å²) in [5, 5.41) is 60.0. The van der Waals surface area contributed by atoms with Gasteiger partial charge < -0.3 is 163 Å². The molecule has 3 aliphatic heterocycles. The Balaban J connectivity index is 2.11. The van der Waals surface area contributed by atoms with Gasteiger partial charge in [0.2, 0.25) is 124 Å². The number of aliphatic hydroxyl groups is 1. The van der Waals surface area contributed by atoms with Crippen LogP contribution in [0.15, 0.2) is 22.5 Å². The molecule has 770 valence electrons. The van der Waals surface area contributed by atoms with Crippen LogP contribution in [-0.2, 0) is 112 Å². The number of carbonyl (C=O) groups excluding carboxylic acids is 21. The quantitative estimate of drug-likeness (QED) is 0.0130. The molecule has 21 amide bonds. The summed E-state index contributed by atoms with van der Waals surface area (Å²) in [5.74, 6) is -28.9. The molecule has 0 unspecified atom stereocenters. The Morgan fingerprint density at radius 2 is 0.935 bits per heavy atom. The van der Waals surface area contributed by atoms with Crippen molar-refractivity contribution in [3.05, 3.63) is 18.2 Å². The SMILES string of the molecule is CC(C)C[C@@H]1NC(=O)[C@H](C)NC(=O)[C@H]([C@@H](C)O)NC(=O)[C@H](CCC(=O)O)NC(=O)[C@@H]2CCCN2C(=O)[C@H](C)NC(=O)[C@H](CCCCN)NC(=O)[C@@H]2CSSC[C@@H](C(=O)N[C@@H](CCC(N)=O)C(=O)N[C@@H](CCC(N)=O)C(=O)N[C@@H](Cc3c[nH]cn3)C(N)=O)NC(=O)[C@H](CCCN=C(N)N)NC(=O)[C@H](CCCN=C(N)N)NC(=O)[C@H](C)NC(=O)[C@H](CSSC[C@H](N)C(=O)N[C@@H](CC(N)=O)C(=O)N2)NC1=O. The lowest BCUT2D eigenvalue weighted by molar-refractivity contribution is -0.142. The van der Waals surface area contributed by atoms with Crippen molar-refractivity contribution < 1.29 is 116 Å². The smallest absolute Gasteiger partial charge is 0.303 e. The zero-order chi connectivity index (χ0) is 103. The molecule has 4 rings (SSSR count). The highest BCUT2D eigenvalue weighted by Gasteiger charge is 2.43. The van der Waals surface area contributed by atoms with E-state index in [2.05, 4.69) is 105 Å². The average molecular weight is 2030 g/mol. The maximum Gasteiger partial charge on any atom is 0.303 e. The minimum absolute atomic E-state index is 0.0341. The number of hydrogen-bond acceptors (Lipinski definition) is 32. The van der Waals surface area contributed by atoms with E-state index in [-0.39, 0.29) is 102 Å². The predicted molar refractivity (Wildman–Crippen MR) is 503 cm³/mol. The standard InChI is InChI=1S/C79H131N31O24S4/c1-35(2)26-49-70(127)107-51-31-136-135-30-41(81)63(120)105-50(28-57(84)114)71(128)108-53(73(130)99-42(12-7-8-22-80)64(121)96-38(5)77(134)110-25-11-15-54(110)75(132)102-47(18-21-58(115)116)69(126)109-59(39(6)111)76(133)95-37(4)62(119)104-49)33-138-137-32-52(106-66(123)44(14-10-24-92-79(88)89)98-65(122)43(13-9-23-91-78(86)87)97-61(118)36(3)94-72(51)129)74(131)101-45(16-19-55(82)112)67(124)100-46(17-20-56(83)113)68(125)103-48(60(85)117)27-40-29-90-34-93-40/h29,34-39,41-54,59,111H,7-28,30-33,80-81H2,1-6H3,(H2,82,112)(H2,83,113)(H2,84,114)(H2,85,117)(H,90,93)(H,94,129)(H,95,133)(H,96,121)(H,97,118)(H,98,122)(H,99,130)(H,100,124)(H,101,131)(H,102,132)(H,103,125)(H,104,119)(H,105,120)(H,106,123)(H,107,127)(H,108,128)(H,109,126)(H,115,116)(H4,86,87,91)(H4,88,89,92)/t36-,37-,38-,39+,41-,42-,43-,44-,45-,46-,47-,48-,49-,50-,51-,52-,53-,54-,59-/m0/s1. The van der Waals surface area contributed by atoms with E-state index in [4.69, 9.17) is 57.3 Å². The summed E-state index contributed by atoms with van der Waals surface area (Å²) in [6, 6.07) is -31.5. The third kappa shape index (κ3) is 42.5. The Bertz CT molecular complexity index is 4490. The first kappa shape index (κ1) is 118. The molecule has 0 spiro atoms. The van der Waals surface area contributed by atoms with Gasteiger partial charge in [-0.3, -0.25) is 115 Å². The van der Waals surface area contributed by atoms with Crippen LogP contribution in [0.4, 0.5) is 0 Å². The van der Waals surface area contributed by atoms with Crippen LogP contribution in [0.2, 0.25) is 0 Å². The van der Waals surface area contributed by atoms with Crippen molar-refractivity contribution in [2.24, 2.45) is 73.2 Å². The van der Waals surface area contributed by atoms with Crippen molar-refractivity contribution >= 4 is 185 Å². The first-order valence-electron chi connectivity index (χ1n) is 44.2. The summed E-state index contributed by atoms with van der Waals surface area (Å²) in [6.07, 6.45) is -5.53. The highest BCUT2D eigenvalue weighted by atomic mass is 33.1.